The van der Waals surface area contributed by atoms with Gasteiger partial charge in [0.2, 0.25) is 0 Å². The highest BCUT2D eigenvalue weighted by Crippen LogP contribution is 2.45. The van der Waals surface area contributed by atoms with Crippen molar-refractivity contribution in [3.63, 3.8) is 0 Å². The molecule has 0 bridgehead atoms. The van der Waals surface area contributed by atoms with Crippen LogP contribution in [0.2, 0.25) is 0 Å². The van der Waals surface area contributed by atoms with Crippen LogP contribution >= 0.6 is 0 Å². The van der Waals surface area contributed by atoms with Crippen LogP contribution in [0.25, 0.3) is 165 Å². The van der Waals surface area contributed by atoms with E-state index in [1.807, 2.05) is 78.9 Å². The van der Waals surface area contributed by atoms with Crippen LogP contribution in [-0.4, -0.2) is 18.3 Å². The Hall–Kier alpha value is -14.0. The summed E-state index contributed by atoms with van der Waals surface area (Å²) >= 11 is 0. The van der Waals surface area contributed by atoms with E-state index in [1.54, 1.807) is 0 Å². The average Bonchev–Trinajstić information content (AvgIpc) is 1.57. The summed E-state index contributed by atoms with van der Waals surface area (Å²) in [5.41, 5.74) is 19.3. The average molecular weight is 1250 g/mol. The molecule has 0 N–H and O–H groups in total. The van der Waals surface area contributed by atoms with Gasteiger partial charge in [0.25, 0.3) is 0 Å². The monoisotopic (exact) mass is 1240 g/mol. The molecule has 0 radical (unpaired) electrons. The minimum atomic E-state index is 0.479. The van der Waals surface area contributed by atoms with Crippen molar-refractivity contribution >= 4 is 109 Å². The highest BCUT2D eigenvalue weighted by molar-refractivity contribution is 6.23. The Morgan fingerprint density at radius 2 is 0.469 bits per heavy atom. The van der Waals surface area contributed by atoms with Crippen LogP contribution in [0.1, 0.15) is 22.3 Å². The second-order valence-electron chi connectivity index (χ2n) is 24.8. The lowest BCUT2D eigenvalue weighted by Gasteiger charge is -2.17. The van der Waals surface area contributed by atoms with E-state index < -0.39 is 0 Å². The summed E-state index contributed by atoms with van der Waals surface area (Å²) in [5, 5.41) is 56.4. The smallest absolute Gasteiger partial charge is 0.104 e. The molecule has 0 amide bonds. The maximum atomic E-state index is 11.1. The zero-order valence-electron chi connectivity index (χ0n) is 52.6. The van der Waals surface area contributed by atoms with Crippen molar-refractivity contribution in [1.29, 1.82) is 21.0 Å². The van der Waals surface area contributed by atoms with Gasteiger partial charge in [-0.3, -0.25) is 0 Å². The van der Waals surface area contributed by atoms with Crippen molar-refractivity contribution in [3.8, 4) is 80.4 Å². The molecule has 8 heteroatoms. The van der Waals surface area contributed by atoms with E-state index in [4.69, 9.17) is 0 Å². The first-order valence-electron chi connectivity index (χ1n) is 32.5. The molecule has 0 saturated heterocycles. The molecule has 0 aliphatic rings. The summed E-state index contributed by atoms with van der Waals surface area (Å²) < 4.78 is 8.63. The molecule has 0 aliphatic carbocycles. The lowest BCUT2D eigenvalue weighted by atomic mass is 10.0. The Morgan fingerprint density at radius 1 is 0.194 bits per heavy atom. The van der Waals surface area contributed by atoms with Gasteiger partial charge in [-0.15, -0.1) is 0 Å². The van der Waals surface area contributed by atoms with Crippen LogP contribution in [0, 0.1) is 45.3 Å². The van der Waals surface area contributed by atoms with Crippen molar-refractivity contribution in [2.45, 2.75) is 0 Å². The molecule has 0 unspecified atom stereocenters. The Labute approximate surface area is 562 Å². The molecular weight excluding hydrogens is 1190 g/mol. The van der Waals surface area contributed by atoms with Crippen molar-refractivity contribution in [2.24, 2.45) is 0 Å². The van der Waals surface area contributed by atoms with Gasteiger partial charge < -0.3 is 18.3 Å². The number of benzene rings is 15. The highest BCUT2D eigenvalue weighted by atomic mass is 15.0. The minimum absolute atomic E-state index is 0.479. The Balaban J connectivity index is 0.000000143. The van der Waals surface area contributed by atoms with Gasteiger partial charge in [-0.2, -0.15) is 21.0 Å². The number of hydrogen-bond donors (Lipinski definition) is 0. The van der Waals surface area contributed by atoms with Crippen LogP contribution in [0.5, 0.6) is 0 Å². The number of nitrogens with zero attached hydrogens (tertiary/aromatic N) is 8. The minimum Gasteiger partial charge on any atom is -0.308 e. The number of aromatic nitrogens is 4. The van der Waals surface area contributed by atoms with Crippen molar-refractivity contribution < 1.29 is 0 Å². The van der Waals surface area contributed by atoms with Crippen LogP contribution in [-0.2, 0) is 0 Å². The highest BCUT2D eigenvalue weighted by Gasteiger charge is 2.26. The number of para-hydroxylation sites is 3. The SMILES string of the molecule is N#Cc1cc(-n2c3ccc(-c4ccccc4)cc3c3cc(-c4ccccc4)ccc32)c(C#N)c(-n2c3ccccc3c3c4ccccc4ccc32)c1.N#Cc1cc(-n2c3ccccc3c3cc(-c4ccccc4)ccc32)c(C#N)c(-n2c3ccccc3c3c4ccccc4ccc32)c1. The first-order chi connectivity index (χ1) is 48.5. The zero-order valence-corrected chi connectivity index (χ0v) is 52.6. The summed E-state index contributed by atoms with van der Waals surface area (Å²) in [6, 6.07) is 118. The van der Waals surface area contributed by atoms with Crippen LogP contribution in [0.15, 0.2) is 315 Å². The van der Waals surface area contributed by atoms with Gasteiger partial charge >= 0.3 is 0 Å². The lowest BCUT2D eigenvalue weighted by Crippen LogP contribution is -2.05. The van der Waals surface area contributed by atoms with Gasteiger partial charge in [-0.1, -0.05) is 224 Å². The molecule has 8 nitrogen and oxygen atoms in total. The standard InChI is InChI=1S/C48H28N4.C42H24N4/c49-29-31-25-46(41(30-50)47(26-31)52-42-18-10-9-17-38(42)48-37-16-8-7-15-34(37)19-24-45(48)52)51-43-22-20-35(32-11-3-1-4-12-32)27-39(43)40-28-36(21-23-44(40)51)33-13-5-2-6-14-33;43-25-27-22-40(45-36-16-8-6-14-32(36)34-24-30(19-20-38(34)45)28-10-2-1-3-11-28)35(26-44)41(23-27)46-37-17-9-7-15-33(37)42-31-13-5-4-12-29(31)18-21-39(42)46/h1-28H;1-24H. The Kier molecular flexibility index (Phi) is 13.3. The quantitative estimate of drug-likeness (QED) is 0.158. The van der Waals surface area contributed by atoms with E-state index in [0.29, 0.717) is 45.0 Å². The van der Waals surface area contributed by atoms with E-state index in [-0.39, 0.29) is 0 Å². The number of hydrogen-bond acceptors (Lipinski definition) is 4. The van der Waals surface area contributed by atoms with Crippen LogP contribution in [0.3, 0.4) is 0 Å². The molecule has 19 aromatic rings. The second-order valence-corrected chi connectivity index (χ2v) is 24.8. The fourth-order valence-electron chi connectivity index (χ4n) is 15.2. The van der Waals surface area contributed by atoms with Gasteiger partial charge in [0, 0.05) is 43.1 Å². The molecule has 19 rings (SSSR count). The van der Waals surface area contributed by atoms with E-state index in [9.17, 15) is 21.0 Å². The molecule has 15 aromatic carbocycles. The topological polar surface area (TPSA) is 115 Å². The largest absolute Gasteiger partial charge is 0.308 e. The number of nitriles is 4. The molecular formula is C90H52N8. The van der Waals surface area contributed by atoms with Crippen molar-refractivity contribution in [1.82, 2.24) is 18.3 Å². The third-order valence-electron chi connectivity index (χ3n) is 19.5. The number of rotatable bonds is 7. The summed E-state index contributed by atoms with van der Waals surface area (Å²) in [6.45, 7) is 0. The fourth-order valence-corrected chi connectivity index (χ4v) is 15.2. The molecule has 98 heavy (non-hydrogen) atoms. The van der Waals surface area contributed by atoms with Gasteiger partial charge in [0.15, 0.2) is 0 Å². The predicted molar refractivity (Wildman–Crippen MR) is 400 cm³/mol. The zero-order chi connectivity index (χ0) is 65.5. The molecule has 452 valence electrons. The van der Waals surface area contributed by atoms with Crippen molar-refractivity contribution in [2.75, 3.05) is 0 Å². The lowest BCUT2D eigenvalue weighted by molar-refractivity contribution is 1.11. The predicted octanol–water partition coefficient (Wildman–Crippen LogP) is 22.6. The van der Waals surface area contributed by atoms with Gasteiger partial charge in [0.1, 0.15) is 23.3 Å². The molecule has 0 saturated carbocycles. The summed E-state index contributed by atoms with van der Waals surface area (Å²) in [7, 11) is 0. The third-order valence-corrected chi connectivity index (χ3v) is 19.5. The molecule has 0 aliphatic heterocycles. The first-order valence-corrected chi connectivity index (χ1v) is 32.5. The third kappa shape index (κ3) is 8.89. The second kappa shape index (κ2) is 22.9. The normalized spacial score (nSPS) is 11.4. The van der Waals surface area contributed by atoms with Gasteiger partial charge in [0.05, 0.1) is 90.1 Å². The summed E-state index contributed by atoms with van der Waals surface area (Å²) in [6.07, 6.45) is 0. The summed E-state index contributed by atoms with van der Waals surface area (Å²) in [5.74, 6) is 0. The van der Waals surface area contributed by atoms with Crippen LogP contribution < -0.4 is 0 Å². The van der Waals surface area contributed by atoms with E-state index in [1.165, 1.54) is 0 Å². The van der Waals surface area contributed by atoms with E-state index >= 15 is 0 Å². The Bertz CT molecular complexity index is 6620. The molecule has 4 heterocycles. The molecule has 0 atom stereocenters. The number of fused-ring (bicyclic) bond motifs is 16. The molecule has 0 spiro atoms. The molecule has 0 fully saturated rings. The van der Waals surface area contributed by atoms with E-state index in [0.717, 1.165) is 142 Å². The summed E-state index contributed by atoms with van der Waals surface area (Å²) in [4.78, 5) is 0. The van der Waals surface area contributed by atoms with Crippen molar-refractivity contribution in [3.05, 3.63) is 338 Å². The van der Waals surface area contributed by atoms with Gasteiger partial charge in [-0.25, -0.2) is 0 Å². The van der Waals surface area contributed by atoms with E-state index in [2.05, 4.69) is 279 Å². The van der Waals surface area contributed by atoms with Crippen LogP contribution in [0.4, 0.5) is 0 Å². The molecule has 4 aromatic heterocycles. The maximum Gasteiger partial charge on any atom is 0.104 e. The van der Waals surface area contributed by atoms with Gasteiger partial charge in [-0.05, 0) is 146 Å². The maximum absolute atomic E-state index is 11.1. The fraction of sp³-hybridized carbons (Fsp3) is 0. The Morgan fingerprint density at radius 3 is 0.827 bits per heavy atom. The first kappa shape index (κ1) is 56.7.